The molecule has 1 nitrogen and oxygen atoms in total. The minimum Gasteiger partial charge on any atom is -0.261 e. The Morgan fingerprint density at radius 3 is 2.12 bits per heavy atom. The highest BCUT2D eigenvalue weighted by Crippen LogP contribution is 2.41. The molecule has 0 spiro atoms. The monoisotopic (exact) mass is 357 g/mol. The first-order valence-corrected chi connectivity index (χ1v) is 10.4. The molecule has 0 aromatic heterocycles. The summed E-state index contributed by atoms with van der Waals surface area (Å²) < 4.78 is 0. The zero-order valence-electron chi connectivity index (χ0n) is 19.3. The van der Waals surface area contributed by atoms with E-state index in [1.807, 2.05) is 33.0 Å². The summed E-state index contributed by atoms with van der Waals surface area (Å²) >= 11 is 0. The number of hydrogen-bond donors (Lipinski definition) is 0. The second-order valence-electron chi connectivity index (χ2n) is 8.29. The van der Waals surface area contributed by atoms with Crippen LogP contribution >= 0.6 is 0 Å². The van der Waals surface area contributed by atoms with E-state index in [2.05, 4.69) is 78.6 Å². The summed E-state index contributed by atoms with van der Waals surface area (Å²) in [6.07, 6.45) is 6.21. The second kappa shape index (κ2) is 10.7. The van der Waals surface area contributed by atoms with Crippen molar-refractivity contribution in [1.29, 1.82) is 0 Å². The Balaban J connectivity index is 0.00000301. The molecule has 0 saturated heterocycles. The van der Waals surface area contributed by atoms with E-state index in [9.17, 15) is 0 Å². The van der Waals surface area contributed by atoms with Gasteiger partial charge in [0.2, 0.25) is 0 Å². The van der Waals surface area contributed by atoms with Gasteiger partial charge in [-0.25, -0.2) is 0 Å². The molecule has 0 saturated carbocycles. The van der Waals surface area contributed by atoms with Gasteiger partial charge in [-0.2, -0.15) is 0 Å². The molecule has 0 aliphatic carbocycles. The summed E-state index contributed by atoms with van der Waals surface area (Å²) in [5.41, 5.74) is 5.59. The van der Waals surface area contributed by atoms with E-state index < -0.39 is 0 Å². The van der Waals surface area contributed by atoms with Gasteiger partial charge < -0.3 is 0 Å². The molecule has 2 atom stereocenters. The quantitative estimate of drug-likeness (QED) is 0.456. The van der Waals surface area contributed by atoms with Gasteiger partial charge in [-0.15, -0.1) is 0 Å². The van der Waals surface area contributed by atoms with Crippen LogP contribution < -0.4 is 0 Å². The van der Waals surface area contributed by atoms with Crippen LogP contribution in [0.2, 0.25) is 0 Å². The van der Waals surface area contributed by atoms with Gasteiger partial charge in [0, 0.05) is 11.9 Å². The molecule has 0 bridgehead atoms. The predicted molar refractivity (Wildman–Crippen MR) is 121 cm³/mol. The van der Waals surface area contributed by atoms with Crippen molar-refractivity contribution in [2.24, 2.45) is 10.9 Å². The number of allylic oxidation sites excluding steroid dienone is 1. The van der Waals surface area contributed by atoms with Crippen LogP contribution in [-0.4, -0.2) is 5.71 Å². The van der Waals surface area contributed by atoms with E-state index in [0.29, 0.717) is 5.92 Å². The van der Waals surface area contributed by atoms with E-state index in [1.54, 1.807) is 0 Å². The first-order valence-electron chi connectivity index (χ1n) is 10.4. The van der Waals surface area contributed by atoms with E-state index >= 15 is 0 Å². The van der Waals surface area contributed by atoms with Crippen molar-refractivity contribution in [3.05, 3.63) is 47.2 Å². The van der Waals surface area contributed by atoms with Crippen molar-refractivity contribution < 1.29 is 0 Å². The van der Waals surface area contributed by atoms with Crippen LogP contribution in [0.15, 0.2) is 35.5 Å². The van der Waals surface area contributed by atoms with Crippen molar-refractivity contribution in [3.8, 4) is 0 Å². The van der Waals surface area contributed by atoms with Gasteiger partial charge >= 0.3 is 0 Å². The van der Waals surface area contributed by atoms with Crippen molar-refractivity contribution in [3.63, 3.8) is 0 Å². The molecular weight excluding hydrogens is 314 g/mol. The van der Waals surface area contributed by atoms with Crippen molar-refractivity contribution in [2.45, 2.75) is 99.8 Å². The molecule has 0 radical (unpaired) electrons. The smallest absolute Gasteiger partial charge is 0.0447 e. The minimum atomic E-state index is 0.158. The summed E-state index contributed by atoms with van der Waals surface area (Å²) in [5.74, 6) is 0.631. The maximum atomic E-state index is 4.63. The highest BCUT2D eigenvalue weighted by molar-refractivity contribution is 6.00. The van der Waals surface area contributed by atoms with E-state index in [4.69, 9.17) is 0 Å². The topological polar surface area (TPSA) is 12.4 Å². The summed E-state index contributed by atoms with van der Waals surface area (Å²) in [6.45, 7) is 24.4. The third-order valence-electron chi connectivity index (χ3n) is 5.74. The molecular formula is C25H43N. The number of aliphatic imine (C=N–C) groups is 1. The zero-order chi connectivity index (χ0) is 20.5. The lowest BCUT2D eigenvalue weighted by molar-refractivity contribution is 0.294. The van der Waals surface area contributed by atoms with Crippen LogP contribution in [0.3, 0.4) is 0 Å². The number of benzene rings is 1. The van der Waals surface area contributed by atoms with Gasteiger partial charge in [-0.1, -0.05) is 93.0 Å². The Kier molecular flexibility index (Phi) is 10.1. The standard InChI is InChI=1S/C23H37N.C2H6/c1-10-15-24-18(5)20-14-13-19(22(6,7)8)16-21(20)23(9,12-3)17(4)11-2;1-2/h10,13-17H,11-12H2,1-9H3;1-2H3/b15-10-,24-18?;. The Bertz CT molecular complexity index is 601. The number of rotatable bonds is 6. The fourth-order valence-corrected chi connectivity index (χ4v) is 3.31. The van der Waals surface area contributed by atoms with Crippen LogP contribution in [0, 0.1) is 5.92 Å². The molecule has 0 N–H and O–H groups in total. The average Bonchev–Trinajstić information content (AvgIpc) is 2.65. The SMILES string of the molecule is C/C=C\N=C(C)c1ccc(C(C)(C)C)cc1C(C)(CC)C(C)CC.CC. The van der Waals surface area contributed by atoms with Crippen molar-refractivity contribution in [1.82, 2.24) is 0 Å². The number of hydrogen-bond acceptors (Lipinski definition) is 1. The van der Waals surface area contributed by atoms with Gasteiger partial charge in [0.15, 0.2) is 0 Å². The van der Waals surface area contributed by atoms with Crippen LogP contribution in [0.4, 0.5) is 0 Å². The van der Waals surface area contributed by atoms with E-state index in [-0.39, 0.29) is 10.8 Å². The van der Waals surface area contributed by atoms with Crippen LogP contribution in [0.5, 0.6) is 0 Å². The lowest BCUT2D eigenvalue weighted by atomic mass is 9.67. The Morgan fingerprint density at radius 2 is 1.69 bits per heavy atom. The molecule has 0 fully saturated rings. The second-order valence-corrected chi connectivity index (χ2v) is 8.29. The Hall–Kier alpha value is -1.37. The summed E-state index contributed by atoms with van der Waals surface area (Å²) in [4.78, 5) is 4.63. The van der Waals surface area contributed by atoms with E-state index in [0.717, 1.165) is 12.1 Å². The van der Waals surface area contributed by atoms with Gasteiger partial charge in [-0.3, -0.25) is 4.99 Å². The van der Waals surface area contributed by atoms with Gasteiger partial charge in [0.25, 0.3) is 0 Å². The third kappa shape index (κ3) is 5.83. The summed E-state index contributed by atoms with van der Waals surface area (Å²) in [7, 11) is 0. The summed E-state index contributed by atoms with van der Waals surface area (Å²) in [5, 5.41) is 0. The van der Waals surface area contributed by atoms with Gasteiger partial charge in [0.05, 0.1) is 0 Å². The average molecular weight is 358 g/mol. The molecule has 0 heterocycles. The molecule has 0 aliphatic heterocycles. The molecule has 1 rings (SSSR count). The maximum absolute atomic E-state index is 4.63. The molecule has 2 unspecified atom stereocenters. The van der Waals surface area contributed by atoms with Crippen LogP contribution in [0.1, 0.15) is 106 Å². The lowest BCUT2D eigenvalue weighted by Crippen LogP contribution is -2.32. The maximum Gasteiger partial charge on any atom is 0.0447 e. The normalized spacial score (nSPS) is 16.0. The Morgan fingerprint density at radius 1 is 1.12 bits per heavy atom. The number of nitrogens with zero attached hydrogens (tertiary/aromatic N) is 1. The largest absolute Gasteiger partial charge is 0.261 e. The minimum absolute atomic E-state index is 0.158. The lowest BCUT2D eigenvalue weighted by Gasteiger charge is -2.38. The molecule has 1 aromatic rings. The molecule has 0 aliphatic rings. The van der Waals surface area contributed by atoms with Crippen LogP contribution in [0.25, 0.3) is 0 Å². The first kappa shape index (κ1) is 24.6. The molecule has 1 heteroatoms. The first-order chi connectivity index (χ1) is 12.1. The third-order valence-corrected chi connectivity index (χ3v) is 5.74. The highest BCUT2D eigenvalue weighted by atomic mass is 14.7. The molecule has 0 amide bonds. The molecule has 1 aromatic carbocycles. The van der Waals surface area contributed by atoms with Crippen molar-refractivity contribution >= 4 is 5.71 Å². The van der Waals surface area contributed by atoms with Gasteiger partial charge in [0.1, 0.15) is 0 Å². The molecule has 148 valence electrons. The van der Waals surface area contributed by atoms with Crippen LogP contribution in [-0.2, 0) is 10.8 Å². The predicted octanol–water partition coefficient (Wildman–Crippen LogP) is 8.07. The fourth-order valence-electron chi connectivity index (χ4n) is 3.31. The zero-order valence-corrected chi connectivity index (χ0v) is 19.3. The van der Waals surface area contributed by atoms with Gasteiger partial charge in [-0.05, 0) is 53.7 Å². The fraction of sp³-hybridized carbons (Fsp3) is 0.640. The highest BCUT2D eigenvalue weighted by Gasteiger charge is 2.33. The van der Waals surface area contributed by atoms with E-state index in [1.165, 1.54) is 23.1 Å². The summed E-state index contributed by atoms with van der Waals surface area (Å²) in [6, 6.07) is 7.01. The van der Waals surface area contributed by atoms with Crippen molar-refractivity contribution in [2.75, 3.05) is 0 Å². The Labute approximate surface area is 164 Å². The molecule has 26 heavy (non-hydrogen) atoms.